The van der Waals surface area contributed by atoms with Crippen molar-refractivity contribution in [2.24, 2.45) is 0 Å². The second kappa shape index (κ2) is 6.16. The quantitative estimate of drug-likeness (QED) is 0.724. The monoisotopic (exact) mass is 421 g/mol. The third kappa shape index (κ3) is 3.63. The number of carboxylic acid groups (broad SMARTS) is 1. The molecule has 1 atom stereocenters. The zero-order valence-electron chi connectivity index (χ0n) is 10.9. The summed E-state index contributed by atoms with van der Waals surface area (Å²) in [6.45, 7) is 1.64. The minimum Gasteiger partial charge on any atom is -0.478 e. The summed E-state index contributed by atoms with van der Waals surface area (Å²) in [4.78, 5) is 11.0. The van der Waals surface area contributed by atoms with Crippen LogP contribution in [0.25, 0.3) is 0 Å². The Hall–Kier alpha value is -1.39. The molecule has 1 aromatic heterocycles. The first-order valence-electron chi connectivity index (χ1n) is 5.90. The van der Waals surface area contributed by atoms with Crippen LogP contribution in [0.4, 0.5) is 0 Å². The smallest absolute Gasteiger partial charge is 0.336 e. The van der Waals surface area contributed by atoms with Crippen LogP contribution in [0.15, 0.2) is 45.9 Å². The van der Waals surface area contributed by atoms with Gasteiger partial charge in [0.1, 0.15) is 5.76 Å². The Labute approximate surface area is 135 Å². The van der Waals surface area contributed by atoms with E-state index in [2.05, 4.69) is 4.72 Å². The number of rotatable bonds is 5. The average molecular weight is 421 g/mol. The fourth-order valence-corrected chi connectivity index (χ4v) is 3.54. The van der Waals surface area contributed by atoms with Gasteiger partial charge in [-0.1, -0.05) is 0 Å². The van der Waals surface area contributed by atoms with Crippen molar-refractivity contribution >= 4 is 38.6 Å². The van der Waals surface area contributed by atoms with E-state index in [1.54, 1.807) is 19.1 Å². The van der Waals surface area contributed by atoms with Gasteiger partial charge in [0.25, 0.3) is 0 Å². The van der Waals surface area contributed by atoms with Gasteiger partial charge in [-0.25, -0.2) is 17.9 Å². The van der Waals surface area contributed by atoms with Crippen LogP contribution in [-0.2, 0) is 10.0 Å². The molecule has 1 unspecified atom stereocenters. The maximum absolute atomic E-state index is 12.3. The van der Waals surface area contributed by atoms with Gasteiger partial charge in [0.2, 0.25) is 10.0 Å². The van der Waals surface area contributed by atoms with Crippen molar-refractivity contribution in [2.45, 2.75) is 17.9 Å². The second-order valence-electron chi connectivity index (χ2n) is 4.31. The minimum absolute atomic E-state index is 0.0517. The molecular weight excluding hydrogens is 409 g/mol. The molecule has 8 heteroatoms. The molecule has 0 radical (unpaired) electrons. The third-order valence-corrected chi connectivity index (χ3v) is 5.26. The summed E-state index contributed by atoms with van der Waals surface area (Å²) in [6, 6.07) is 6.72. The second-order valence-corrected chi connectivity index (χ2v) is 7.18. The van der Waals surface area contributed by atoms with E-state index in [-0.39, 0.29) is 10.5 Å². The zero-order valence-corrected chi connectivity index (χ0v) is 13.9. The Balaban J connectivity index is 2.32. The Morgan fingerprint density at radius 3 is 2.67 bits per heavy atom. The summed E-state index contributed by atoms with van der Waals surface area (Å²) in [5.41, 5.74) is -0.0517. The van der Waals surface area contributed by atoms with E-state index in [0.29, 0.717) is 9.33 Å². The number of halogens is 1. The zero-order chi connectivity index (χ0) is 15.6. The van der Waals surface area contributed by atoms with Crippen LogP contribution in [-0.4, -0.2) is 19.5 Å². The number of hydrogen-bond donors (Lipinski definition) is 2. The minimum atomic E-state index is -3.84. The molecule has 0 saturated heterocycles. The van der Waals surface area contributed by atoms with Crippen molar-refractivity contribution in [3.8, 4) is 0 Å². The highest BCUT2D eigenvalue weighted by molar-refractivity contribution is 14.1. The molecule has 0 amide bonds. The van der Waals surface area contributed by atoms with Crippen LogP contribution in [0.3, 0.4) is 0 Å². The molecule has 0 bridgehead atoms. The Morgan fingerprint density at radius 1 is 1.38 bits per heavy atom. The first-order chi connectivity index (χ1) is 9.81. The SMILES string of the molecule is CC(NS(=O)(=O)c1ccc(I)c(C(=O)O)c1)c1ccco1. The molecule has 0 spiro atoms. The summed E-state index contributed by atoms with van der Waals surface area (Å²) in [7, 11) is -3.84. The van der Waals surface area contributed by atoms with Gasteiger partial charge in [-0.3, -0.25) is 0 Å². The highest BCUT2D eigenvalue weighted by Crippen LogP contribution is 2.21. The lowest BCUT2D eigenvalue weighted by molar-refractivity contribution is 0.0695. The molecule has 0 aliphatic carbocycles. The Kier molecular flexibility index (Phi) is 4.69. The van der Waals surface area contributed by atoms with Crippen molar-refractivity contribution in [2.75, 3.05) is 0 Å². The number of furan rings is 1. The van der Waals surface area contributed by atoms with Crippen LogP contribution in [0.1, 0.15) is 29.1 Å². The van der Waals surface area contributed by atoms with Gasteiger partial charge in [0, 0.05) is 3.57 Å². The maximum atomic E-state index is 12.3. The third-order valence-electron chi connectivity index (χ3n) is 2.78. The van der Waals surface area contributed by atoms with Crippen LogP contribution in [0.5, 0.6) is 0 Å². The number of benzene rings is 1. The van der Waals surface area contributed by atoms with Crippen LogP contribution < -0.4 is 4.72 Å². The van der Waals surface area contributed by atoms with E-state index in [0.717, 1.165) is 6.07 Å². The van der Waals surface area contributed by atoms with Gasteiger partial charge in [0.15, 0.2) is 0 Å². The van der Waals surface area contributed by atoms with Crippen molar-refractivity contribution in [3.05, 3.63) is 51.5 Å². The fourth-order valence-electron chi connectivity index (χ4n) is 1.73. The lowest BCUT2D eigenvalue weighted by atomic mass is 10.2. The van der Waals surface area contributed by atoms with E-state index in [4.69, 9.17) is 9.52 Å². The van der Waals surface area contributed by atoms with Crippen molar-refractivity contribution in [3.63, 3.8) is 0 Å². The number of nitrogens with one attached hydrogen (secondary N) is 1. The van der Waals surface area contributed by atoms with Crippen LogP contribution in [0.2, 0.25) is 0 Å². The van der Waals surface area contributed by atoms with E-state index in [1.807, 2.05) is 22.6 Å². The molecule has 0 fully saturated rings. The summed E-state index contributed by atoms with van der Waals surface area (Å²) >= 11 is 1.84. The largest absolute Gasteiger partial charge is 0.478 e. The predicted octanol–water partition coefficient (Wildman–Crippen LogP) is 2.62. The molecule has 2 rings (SSSR count). The summed E-state index contributed by atoms with van der Waals surface area (Å²) in [5, 5.41) is 9.05. The summed E-state index contributed by atoms with van der Waals surface area (Å²) in [6.07, 6.45) is 1.45. The van der Waals surface area contributed by atoms with E-state index < -0.39 is 22.0 Å². The number of aromatic carboxylic acids is 1. The topological polar surface area (TPSA) is 96.6 Å². The Morgan fingerprint density at radius 2 is 2.10 bits per heavy atom. The fraction of sp³-hybridized carbons (Fsp3) is 0.154. The molecular formula is C13H12INO5S. The number of carboxylic acids is 1. The highest BCUT2D eigenvalue weighted by atomic mass is 127. The number of hydrogen-bond acceptors (Lipinski definition) is 4. The van der Waals surface area contributed by atoms with Gasteiger partial charge in [0.05, 0.1) is 22.8 Å². The van der Waals surface area contributed by atoms with Crippen molar-refractivity contribution in [1.29, 1.82) is 0 Å². The molecule has 0 aliphatic heterocycles. The normalized spacial score (nSPS) is 13.0. The molecule has 6 nitrogen and oxygen atoms in total. The van der Waals surface area contributed by atoms with Crippen LogP contribution in [0, 0.1) is 3.57 Å². The number of carbonyl (C=O) groups is 1. The van der Waals surface area contributed by atoms with Gasteiger partial charge in [-0.2, -0.15) is 0 Å². The van der Waals surface area contributed by atoms with Gasteiger partial charge < -0.3 is 9.52 Å². The van der Waals surface area contributed by atoms with Gasteiger partial charge >= 0.3 is 5.97 Å². The molecule has 21 heavy (non-hydrogen) atoms. The number of sulfonamides is 1. The van der Waals surface area contributed by atoms with E-state index in [1.165, 1.54) is 18.4 Å². The molecule has 0 aliphatic rings. The molecule has 1 aromatic carbocycles. The molecule has 2 aromatic rings. The van der Waals surface area contributed by atoms with Crippen molar-refractivity contribution < 1.29 is 22.7 Å². The molecule has 2 N–H and O–H groups in total. The first-order valence-corrected chi connectivity index (χ1v) is 8.46. The Bertz CT molecular complexity index is 755. The van der Waals surface area contributed by atoms with Gasteiger partial charge in [-0.15, -0.1) is 0 Å². The molecule has 112 valence electrons. The predicted molar refractivity (Wildman–Crippen MR) is 83.6 cm³/mol. The van der Waals surface area contributed by atoms with E-state index >= 15 is 0 Å². The van der Waals surface area contributed by atoms with Crippen molar-refractivity contribution in [1.82, 2.24) is 4.72 Å². The highest BCUT2D eigenvalue weighted by Gasteiger charge is 2.22. The van der Waals surface area contributed by atoms with E-state index in [9.17, 15) is 13.2 Å². The summed E-state index contributed by atoms with van der Waals surface area (Å²) in [5.74, 6) is -0.696. The van der Waals surface area contributed by atoms with Gasteiger partial charge in [-0.05, 0) is 59.8 Å². The lowest BCUT2D eigenvalue weighted by Gasteiger charge is -2.12. The maximum Gasteiger partial charge on any atom is 0.336 e. The van der Waals surface area contributed by atoms with Crippen LogP contribution >= 0.6 is 22.6 Å². The molecule has 0 saturated carbocycles. The standard InChI is InChI=1S/C13H12INO5S/c1-8(12-3-2-6-20-12)15-21(18,19)9-4-5-11(14)10(7-9)13(16)17/h2-8,15H,1H3,(H,16,17). The first kappa shape index (κ1) is 16.0. The average Bonchev–Trinajstić information content (AvgIpc) is 2.92. The molecule has 1 heterocycles. The lowest BCUT2D eigenvalue weighted by Crippen LogP contribution is -2.27. The summed E-state index contributed by atoms with van der Waals surface area (Å²) < 4.78 is 32.6.